The number of morpholine rings is 1. The Morgan fingerprint density at radius 3 is 2.48 bits per heavy atom. The van der Waals surface area contributed by atoms with Crippen LogP contribution in [-0.4, -0.2) is 47.7 Å². The standard InChI is InChI=1S/C22H25ClN2O3S/c1-14-4-7-18(8-5-14)24-21(26)13-27-20-9-6-17(10-19(20)23)22(29)25-11-15(2)28-16(3)12-25/h4-10,15-16H,11-13H2,1-3H3,(H,24,26)/t15-,16+. The van der Waals surface area contributed by atoms with Crippen LogP contribution in [0.15, 0.2) is 42.5 Å². The molecule has 1 fully saturated rings. The molecule has 1 aliphatic rings. The third kappa shape index (κ3) is 5.92. The van der Waals surface area contributed by atoms with Crippen LogP contribution in [0.4, 0.5) is 5.69 Å². The van der Waals surface area contributed by atoms with Crippen LogP contribution in [0.3, 0.4) is 0 Å². The molecule has 1 heterocycles. The highest BCUT2D eigenvalue weighted by Crippen LogP contribution is 2.27. The lowest BCUT2D eigenvalue weighted by atomic mass is 10.1. The molecule has 3 rings (SSSR count). The van der Waals surface area contributed by atoms with Gasteiger partial charge in [0.2, 0.25) is 0 Å². The lowest BCUT2D eigenvalue weighted by Gasteiger charge is -2.37. The molecule has 0 unspecified atom stereocenters. The van der Waals surface area contributed by atoms with E-state index < -0.39 is 0 Å². The van der Waals surface area contributed by atoms with Crippen molar-refractivity contribution in [1.29, 1.82) is 0 Å². The average Bonchev–Trinajstić information content (AvgIpc) is 2.67. The van der Waals surface area contributed by atoms with E-state index in [1.165, 1.54) is 0 Å². The molecule has 0 spiro atoms. The van der Waals surface area contributed by atoms with E-state index in [-0.39, 0.29) is 24.7 Å². The summed E-state index contributed by atoms with van der Waals surface area (Å²) in [6.07, 6.45) is 0.253. The van der Waals surface area contributed by atoms with Crippen LogP contribution in [0, 0.1) is 6.92 Å². The second-order valence-electron chi connectivity index (χ2n) is 7.32. The molecule has 1 saturated heterocycles. The predicted molar refractivity (Wildman–Crippen MR) is 120 cm³/mol. The third-order valence-corrected chi connectivity index (χ3v) is 5.37. The zero-order valence-corrected chi connectivity index (χ0v) is 18.3. The summed E-state index contributed by atoms with van der Waals surface area (Å²) < 4.78 is 11.4. The molecule has 0 bridgehead atoms. The van der Waals surface area contributed by atoms with E-state index in [1.54, 1.807) is 12.1 Å². The number of thiocarbonyl (C=S) groups is 1. The van der Waals surface area contributed by atoms with E-state index in [9.17, 15) is 4.79 Å². The van der Waals surface area contributed by atoms with Gasteiger partial charge >= 0.3 is 0 Å². The number of carbonyl (C=O) groups is 1. The summed E-state index contributed by atoms with van der Waals surface area (Å²) in [5.41, 5.74) is 2.71. The normalized spacial score (nSPS) is 19.0. The molecule has 0 saturated carbocycles. The van der Waals surface area contributed by atoms with Crippen molar-refractivity contribution in [2.24, 2.45) is 0 Å². The van der Waals surface area contributed by atoms with Gasteiger partial charge in [-0.2, -0.15) is 0 Å². The second kappa shape index (κ2) is 9.57. The van der Waals surface area contributed by atoms with Gasteiger partial charge in [0.05, 0.1) is 17.2 Å². The number of ether oxygens (including phenoxy) is 2. The van der Waals surface area contributed by atoms with E-state index >= 15 is 0 Å². The van der Waals surface area contributed by atoms with Gasteiger partial charge in [0.1, 0.15) is 10.7 Å². The molecule has 7 heteroatoms. The fraction of sp³-hybridized carbons (Fsp3) is 0.364. The van der Waals surface area contributed by atoms with Gasteiger partial charge in [-0.1, -0.05) is 41.5 Å². The molecule has 0 radical (unpaired) electrons. The van der Waals surface area contributed by atoms with Crippen LogP contribution in [0.2, 0.25) is 5.02 Å². The summed E-state index contributed by atoms with van der Waals surface area (Å²) in [5.74, 6) is 0.196. The van der Waals surface area contributed by atoms with Gasteiger partial charge in [-0.25, -0.2) is 0 Å². The van der Waals surface area contributed by atoms with E-state index in [0.717, 1.165) is 34.9 Å². The highest BCUT2D eigenvalue weighted by atomic mass is 35.5. The number of halogens is 1. The summed E-state index contributed by atoms with van der Waals surface area (Å²) in [7, 11) is 0. The quantitative estimate of drug-likeness (QED) is 0.707. The van der Waals surface area contributed by atoms with Gasteiger partial charge in [-0.15, -0.1) is 0 Å². The van der Waals surface area contributed by atoms with Gasteiger partial charge in [-0.05, 0) is 51.1 Å². The Bertz CT molecular complexity index is 878. The van der Waals surface area contributed by atoms with Crippen molar-refractivity contribution in [3.63, 3.8) is 0 Å². The number of amides is 1. The summed E-state index contributed by atoms with van der Waals surface area (Å²) in [5, 5.41) is 3.21. The lowest BCUT2D eigenvalue weighted by Crippen LogP contribution is -2.47. The smallest absolute Gasteiger partial charge is 0.262 e. The molecule has 0 aromatic heterocycles. The Kier molecular flexibility index (Phi) is 7.11. The van der Waals surface area contributed by atoms with Crippen LogP contribution in [0.25, 0.3) is 0 Å². The molecular formula is C22H25ClN2O3S. The number of nitrogens with one attached hydrogen (secondary N) is 1. The van der Waals surface area contributed by atoms with Crippen molar-refractivity contribution in [3.8, 4) is 5.75 Å². The maximum atomic E-state index is 12.1. The molecule has 2 atom stereocenters. The second-order valence-corrected chi connectivity index (χ2v) is 8.11. The van der Waals surface area contributed by atoms with Crippen molar-refractivity contribution >= 4 is 40.4 Å². The molecule has 0 aliphatic carbocycles. The number of benzene rings is 2. The summed E-state index contributed by atoms with van der Waals surface area (Å²) in [4.78, 5) is 15.0. The summed E-state index contributed by atoms with van der Waals surface area (Å²) in [6, 6.07) is 13.0. The van der Waals surface area contributed by atoms with Gasteiger partial charge in [-0.3, -0.25) is 4.79 Å². The summed E-state index contributed by atoms with van der Waals surface area (Å²) >= 11 is 12.0. The van der Waals surface area contributed by atoms with Crippen LogP contribution < -0.4 is 10.1 Å². The zero-order chi connectivity index (χ0) is 21.0. The van der Waals surface area contributed by atoms with E-state index in [4.69, 9.17) is 33.3 Å². The minimum Gasteiger partial charge on any atom is -0.482 e. The number of aryl methyl sites for hydroxylation is 1. The average molecular weight is 433 g/mol. The fourth-order valence-electron chi connectivity index (χ4n) is 3.25. The Labute approximate surface area is 181 Å². The molecule has 2 aromatic rings. The molecular weight excluding hydrogens is 408 g/mol. The number of hydrogen-bond donors (Lipinski definition) is 1. The molecule has 29 heavy (non-hydrogen) atoms. The first kappa shape index (κ1) is 21.6. The van der Waals surface area contributed by atoms with E-state index in [0.29, 0.717) is 10.8 Å². The van der Waals surface area contributed by atoms with Crippen molar-refractivity contribution in [2.45, 2.75) is 33.0 Å². The number of carbonyl (C=O) groups excluding carboxylic acids is 1. The van der Waals surface area contributed by atoms with Crippen LogP contribution in [0.5, 0.6) is 5.75 Å². The highest BCUT2D eigenvalue weighted by Gasteiger charge is 2.24. The monoisotopic (exact) mass is 432 g/mol. The first-order chi connectivity index (χ1) is 13.8. The number of nitrogens with zero attached hydrogens (tertiary/aromatic N) is 1. The first-order valence-electron chi connectivity index (χ1n) is 9.55. The Morgan fingerprint density at radius 1 is 1.21 bits per heavy atom. The minimum absolute atomic E-state index is 0.127. The van der Waals surface area contributed by atoms with Crippen LogP contribution >= 0.6 is 23.8 Å². The van der Waals surface area contributed by atoms with E-state index in [2.05, 4.69) is 10.2 Å². The number of rotatable bonds is 5. The van der Waals surface area contributed by atoms with Crippen molar-refractivity contribution in [2.75, 3.05) is 25.0 Å². The summed E-state index contributed by atoms with van der Waals surface area (Å²) in [6.45, 7) is 7.44. The fourth-order valence-corrected chi connectivity index (χ4v) is 3.77. The first-order valence-corrected chi connectivity index (χ1v) is 10.3. The maximum absolute atomic E-state index is 12.1. The lowest BCUT2D eigenvalue weighted by molar-refractivity contribution is -0.118. The predicted octanol–water partition coefficient (Wildman–Crippen LogP) is 4.45. The van der Waals surface area contributed by atoms with E-state index in [1.807, 2.05) is 51.1 Å². The Morgan fingerprint density at radius 2 is 1.86 bits per heavy atom. The molecule has 5 nitrogen and oxygen atoms in total. The Hall–Kier alpha value is -2.15. The molecule has 1 aliphatic heterocycles. The topological polar surface area (TPSA) is 50.8 Å². The maximum Gasteiger partial charge on any atom is 0.262 e. The van der Waals surface area contributed by atoms with Crippen LogP contribution in [0.1, 0.15) is 25.0 Å². The molecule has 2 aromatic carbocycles. The SMILES string of the molecule is Cc1ccc(NC(=O)COc2ccc(C(=S)N3C[C@@H](C)O[C@@H](C)C3)cc2Cl)cc1. The number of hydrogen-bond acceptors (Lipinski definition) is 4. The number of anilines is 1. The zero-order valence-electron chi connectivity index (χ0n) is 16.8. The molecule has 1 amide bonds. The Balaban J connectivity index is 1.58. The minimum atomic E-state index is -0.249. The van der Waals surface area contributed by atoms with Gasteiger partial charge < -0.3 is 19.7 Å². The third-order valence-electron chi connectivity index (χ3n) is 4.58. The van der Waals surface area contributed by atoms with Gasteiger partial charge in [0.25, 0.3) is 5.91 Å². The molecule has 1 N–H and O–H groups in total. The van der Waals surface area contributed by atoms with Crippen molar-refractivity contribution in [1.82, 2.24) is 4.90 Å². The van der Waals surface area contributed by atoms with Gasteiger partial charge in [0, 0.05) is 24.3 Å². The molecule has 154 valence electrons. The van der Waals surface area contributed by atoms with Gasteiger partial charge in [0.15, 0.2) is 6.61 Å². The van der Waals surface area contributed by atoms with Crippen molar-refractivity contribution < 1.29 is 14.3 Å². The largest absolute Gasteiger partial charge is 0.482 e. The van der Waals surface area contributed by atoms with Crippen LogP contribution in [-0.2, 0) is 9.53 Å². The highest BCUT2D eigenvalue weighted by molar-refractivity contribution is 7.80. The van der Waals surface area contributed by atoms with Crippen molar-refractivity contribution in [3.05, 3.63) is 58.6 Å².